The predicted molar refractivity (Wildman–Crippen MR) is 87.1 cm³/mol. The Labute approximate surface area is 124 Å². The Morgan fingerprint density at radius 3 is 2.50 bits per heavy atom. The van der Waals surface area contributed by atoms with E-state index in [0.29, 0.717) is 0 Å². The molecule has 1 aromatic heterocycles. The van der Waals surface area contributed by atoms with Crippen molar-refractivity contribution in [2.24, 2.45) is 0 Å². The third kappa shape index (κ3) is 6.87. The third-order valence-corrected chi connectivity index (χ3v) is 3.15. The molecule has 0 unspecified atom stereocenters. The average molecular weight is 278 g/mol. The minimum atomic E-state index is 0.934. The van der Waals surface area contributed by atoms with Gasteiger partial charge in [0, 0.05) is 26.2 Å². The Balaban J connectivity index is 2.57. The molecule has 1 aromatic rings. The first-order valence-corrected chi connectivity index (χ1v) is 7.72. The van der Waals surface area contributed by atoms with Crippen LogP contribution in [0.15, 0.2) is 18.2 Å². The lowest BCUT2D eigenvalue weighted by Crippen LogP contribution is -2.32. The number of nitrogens with zero attached hydrogens (tertiary/aromatic N) is 3. The van der Waals surface area contributed by atoms with Gasteiger partial charge in [-0.25, -0.2) is 4.98 Å². The number of hydrogen-bond donors (Lipinski definition) is 1. The van der Waals surface area contributed by atoms with E-state index in [0.717, 1.165) is 50.7 Å². The zero-order valence-electron chi connectivity index (χ0n) is 13.5. The SMILES string of the molecule is CCCNc1cccc(CN(CCC)CCN(C)C)n1. The van der Waals surface area contributed by atoms with Gasteiger partial charge in [0.1, 0.15) is 5.82 Å². The smallest absolute Gasteiger partial charge is 0.126 e. The Morgan fingerprint density at radius 1 is 1.05 bits per heavy atom. The minimum Gasteiger partial charge on any atom is -0.370 e. The number of hydrogen-bond acceptors (Lipinski definition) is 4. The number of rotatable bonds is 10. The number of likely N-dealkylation sites (N-methyl/N-ethyl adjacent to an activating group) is 1. The molecule has 0 aliphatic heterocycles. The van der Waals surface area contributed by atoms with Gasteiger partial charge in [0.05, 0.1) is 5.69 Å². The maximum atomic E-state index is 4.69. The van der Waals surface area contributed by atoms with Crippen LogP contribution >= 0.6 is 0 Å². The summed E-state index contributed by atoms with van der Waals surface area (Å²) in [7, 11) is 4.25. The molecule has 0 aromatic carbocycles. The highest BCUT2D eigenvalue weighted by molar-refractivity contribution is 5.35. The molecule has 0 saturated carbocycles. The normalized spacial score (nSPS) is 11.3. The van der Waals surface area contributed by atoms with Crippen molar-refractivity contribution in [2.75, 3.05) is 45.6 Å². The third-order valence-electron chi connectivity index (χ3n) is 3.15. The van der Waals surface area contributed by atoms with Gasteiger partial charge in [-0.05, 0) is 45.6 Å². The highest BCUT2D eigenvalue weighted by Crippen LogP contribution is 2.08. The summed E-state index contributed by atoms with van der Waals surface area (Å²) in [5.74, 6) is 0.994. The van der Waals surface area contributed by atoms with Crippen LogP contribution < -0.4 is 5.32 Å². The van der Waals surface area contributed by atoms with Gasteiger partial charge in [0.15, 0.2) is 0 Å². The minimum absolute atomic E-state index is 0.934. The van der Waals surface area contributed by atoms with Crippen LogP contribution in [0.1, 0.15) is 32.4 Å². The molecule has 0 spiro atoms. The Hall–Kier alpha value is -1.13. The number of pyridine rings is 1. The summed E-state index contributed by atoms with van der Waals surface area (Å²) < 4.78 is 0. The van der Waals surface area contributed by atoms with Crippen molar-refractivity contribution in [3.8, 4) is 0 Å². The van der Waals surface area contributed by atoms with Crippen LogP contribution in [-0.2, 0) is 6.54 Å². The fourth-order valence-corrected chi connectivity index (χ4v) is 2.08. The maximum absolute atomic E-state index is 4.69. The van der Waals surface area contributed by atoms with Crippen LogP contribution in [0.25, 0.3) is 0 Å². The van der Waals surface area contributed by atoms with Crippen LogP contribution in [0.4, 0.5) is 5.82 Å². The van der Waals surface area contributed by atoms with Crippen LogP contribution in [0, 0.1) is 0 Å². The van der Waals surface area contributed by atoms with Gasteiger partial charge < -0.3 is 10.2 Å². The first-order chi connectivity index (χ1) is 9.65. The molecular weight excluding hydrogens is 248 g/mol. The highest BCUT2D eigenvalue weighted by Gasteiger charge is 2.07. The largest absolute Gasteiger partial charge is 0.370 e. The van der Waals surface area contributed by atoms with Crippen molar-refractivity contribution >= 4 is 5.82 Å². The van der Waals surface area contributed by atoms with E-state index < -0.39 is 0 Å². The summed E-state index contributed by atoms with van der Waals surface area (Å²) in [6, 6.07) is 6.26. The molecule has 1 rings (SSSR count). The summed E-state index contributed by atoms with van der Waals surface area (Å²) in [5.41, 5.74) is 1.15. The molecule has 4 heteroatoms. The molecule has 0 saturated heterocycles. The first-order valence-electron chi connectivity index (χ1n) is 7.72. The molecular formula is C16H30N4. The predicted octanol–water partition coefficient (Wildman–Crippen LogP) is 2.68. The molecule has 0 bridgehead atoms. The summed E-state index contributed by atoms with van der Waals surface area (Å²) >= 11 is 0. The molecule has 0 atom stereocenters. The Kier molecular flexibility index (Phi) is 8.23. The molecule has 4 nitrogen and oxygen atoms in total. The molecule has 0 amide bonds. The van der Waals surface area contributed by atoms with Crippen molar-refractivity contribution in [3.63, 3.8) is 0 Å². The molecule has 0 aliphatic carbocycles. The van der Waals surface area contributed by atoms with E-state index in [9.17, 15) is 0 Å². The summed E-state index contributed by atoms with van der Waals surface area (Å²) in [6.07, 6.45) is 2.30. The summed E-state index contributed by atoms with van der Waals surface area (Å²) in [5, 5.41) is 3.35. The van der Waals surface area contributed by atoms with Gasteiger partial charge in [-0.15, -0.1) is 0 Å². The maximum Gasteiger partial charge on any atom is 0.126 e. The molecule has 20 heavy (non-hydrogen) atoms. The van der Waals surface area contributed by atoms with Crippen molar-refractivity contribution in [1.29, 1.82) is 0 Å². The van der Waals surface area contributed by atoms with Gasteiger partial charge >= 0.3 is 0 Å². The van der Waals surface area contributed by atoms with Crippen molar-refractivity contribution in [2.45, 2.75) is 33.2 Å². The molecule has 1 heterocycles. The van der Waals surface area contributed by atoms with Gasteiger partial charge in [0.2, 0.25) is 0 Å². The molecule has 114 valence electrons. The van der Waals surface area contributed by atoms with Gasteiger partial charge in [-0.1, -0.05) is 19.9 Å². The second-order valence-electron chi connectivity index (χ2n) is 5.52. The molecule has 0 fully saturated rings. The second-order valence-corrected chi connectivity index (χ2v) is 5.52. The van der Waals surface area contributed by atoms with Crippen LogP contribution in [-0.4, -0.2) is 55.1 Å². The first kappa shape index (κ1) is 16.9. The van der Waals surface area contributed by atoms with Crippen LogP contribution in [0.5, 0.6) is 0 Å². The van der Waals surface area contributed by atoms with Crippen LogP contribution in [0.3, 0.4) is 0 Å². The lowest BCUT2D eigenvalue weighted by molar-refractivity contribution is 0.232. The molecule has 0 radical (unpaired) electrons. The monoisotopic (exact) mass is 278 g/mol. The lowest BCUT2D eigenvalue weighted by atomic mass is 10.3. The highest BCUT2D eigenvalue weighted by atomic mass is 15.2. The zero-order chi connectivity index (χ0) is 14.8. The lowest BCUT2D eigenvalue weighted by Gasteiger charge is -2.23. The molecule has 0 aliphatic rings. The summed E-state index contributed by atoms with van der Waals surface area (Å²) in [6.45, 7) is 9.63. The van der Waals surface area contributed by atoms with Gasteiger partial charge in [0.25, 0.3) is 0 Å². The quantitative estimate of drug-likeness (QED) is 0.713. The van der Waals surface area contributed by atoms with Crippen molar-refractivity contribution < 1.29 is 0 Å². The fraction of sp³-hybridized carbons (Fsp3) is 0.688. The fourth-order valence-electron chi connectivity index (χ4n) is 2.08. The van der Waals surface area contributed by atoms with E-state index in [1.165, 1.54) is 6.42 Å². The van der Waals surface area contributed by atoms with E-state index in [4.69, 9.17) is 4.98 Å². The average Bonchev–Trinajstić information content (AvgIpc) is 2.43. The van der Waals surface area contributed by atoms with Crippen LogP contribution in [0.2, 0.25) is 0 Å². The zero-order valence-corrected chi connectivity index (χ0v) is 13.5. The van der Waals surface area contributed by atoms with E-state index in [-0.39, 0.29) is 0 Å². The Bertz CT molecular complexity index is 365. The van der Waals surface area contributed by atoms with Crippen molar-refractivity contribution in [3.05, 3.63) is 23.9 Å². The van der Waals surface area contributed by atoms with E-state index >= 15 is 0 Å². The number of aromatic nitrogens is 1. The summed E-state index contributed by atoms with van der Waals surface area (Å²) in [4.78, 5) is 9.40. The number of anilines is 1. The molecule has 1 N–H and O–H groups in total. The van der Waals surface area contributed by atoms with E-state index in [2.05, 4.69) is 55.2 Å². The standard InChI is InChI=1S/C16H30N4/c1-5-10-17-16-9-7-8-15(18-16)14-20(11-6-2)13-12-19(3)4/h7-9H,5-6,10-14H2,1-4H3,(H,17,18). The van der Waals surface area contributed by atoms with Crippen molar-refractivity contribution in [1.82, 2.24) is 14.8 Å². The Morgan fingerprint density at radius 2 is 1.85 bits per heavy atom. The van der Waals surface area contributed by atoms with E-state index in [1.807, 2.05) is 6.07 Å². The second kappa shape index (κ2) is 9.72. The topological polar surface area (TPSA) is 31.4 Å². The van der Waals surface area contributed by atoms with E-state index in [1.54, 1.807) is 0 Å². The van der Waals surface area contributed by atoms with Gasteiger partial charge in [-0.2, -0.15) is 0 Å². The van der Waals surface area contributed by atoms with Gasteiger partial charge in [-0.3, -0.25) is 4.90 Å². The number of nitrogens with one attached hydrogen (secondary N) is 1.